The number of carbonyl (C=O) groups is 2. The first-order valence-electron chi connectivity index (χ1n) is 10.6. The predicted octanol–water partition coefficient (Wildman–Crippen LogP) is 2.69. The highest BCUT2D eigenvalue weighted by Gasteiger charge is 2.18. The van der Waals surface area contributed by atoms with Gasteiger partial charge in [0.2, 0.25) is 0 Å². The molecule has 0 bridgehead atoms. The van der Waals surface area contributed by atoms with Crippen LogP contribution in [0.5, 0.6) is 0 Å². The van der Waals surface area contributed by atoms with Gasteiger partial charge in [-0.25, -0.2) is 4.98 Å². The molecule has 0 radical (unpaired) electrons. The Labute approximate surface area is 189 Å². The molecule has 3 rings (SSSR count). The molecular formula is C23H30ClN5O2. The van der Waals surface area contributed by atoms with Crippen LogP contribution in [0.4, 0.5) is 5.69 Å². The van der Waals surface area contributed by atoms with Gasteiger partial charge in [0, 0.05) is 57.5 Å². The average molecular weight is 444 g/mol. The predicted molar refractivity (Wildman–Crippen MR) is 124 cm³/mol. The third kappa shape index (κ3) is 6.18. The first-order chi connectivity index (χ1) is 14.8. The number of amides is 2. The zero-order chi connectivity index (χ0) is 22.4. The van der Waals surface area contributed by atoms with Crippen LogP contribution in [0.15, 0.2) is 36.4 Å². The number of anilines is 1. The summed E-state index contributed by atoms with van der Waals surface area (Å²) in [6.07, 6.45) is 0.882. The summed E-state index contributed by atoms with van der Waals surface area (Å²) in [5.74, 6) is -0.329. The van der Waals surface area contributed by atoms with Gasteiger partial charge in [0.05, 0.1) is 11.3 Å². The molecule has 0 aliphatic carbocycles. The van der Waals surface area contributed by atoms with Crippen LogP contribution in [0.3, 0.4) is 0 Å². The summed E-state index contributed by atoms with van der Waals surface area (Å²) in [4.78, 5) is 35.0. The smallest absolute Gasteiger partial charge is 0.271 e. The van der Waals surface area contributed by atoms with E-state index >= 15 is 0 Å². The average Bonchev–Trinajstić information content (AvgIpc) is 2.76. The van der Waals surface area contributed by atoms with Crippen molar-refractivity contribution >= 4 is 29.1 Å². The number of carbonyl (C=O) groups excluding carboxylic acids is 2. The Hall–Kier alpha value is -2.64. The van der Waals surface area contributed by atoms with Crippen molar-refractivity contribution in [2.24, 2.45) is 0 Å². The molecule has 2 amide bonds. The fourth-order valence-electron chi connectivity index (χ4n) is 3.65. The highest BCUT2D eigenvalue weighted by atomic mass is 35.5. The van der Waals surface area contributed by atoms with Gasteiger partial charge in [-0.3, -0.25) is 14.5 Å². The Morgan fingerprint density at radius 3 is 2.52 bits per heavy atom. The van der Waals surface area contributed by atoms with Crippen LogP contribution in [0.1, 0.15) is 33.0 Å². The Bertz CT molecular complexity index is 926. The van der Waals surface area contributed by atoms with Crippen LogP contribution in [-0.4, -0.2) is 80.0 Å². The molecule has 8 heteroatoms. The summed E-state index contributed by atoms with van der Waals surface area (Å²) in [6.45, 7) is 7.21. The van der Waals surface area contributed by atoms with E-state index in [9.17, 15) is 9.59 Å². The maximum Gasteiger partial charge on any atom is 0.271 e. The molecule has 1 aliphatic rings. The zero-order valence-corrected chi connectivity index (χ0v) is 19.2. The van der Waals surface area contributed by atoms with E-state index < -0.39 is 0 Å². The first-order valence-corrected chi connectivity index (χ1v) is 10.9. The van der Waals surface area contributed by atoms with Crippen molar-refractivity contribution in [2.45, 2.75) is 13.3 Å². The lowest BCUT2D eigenvalue weighted by atomic mass is 10.1. The molecule has 1 N–H and O–H groups in total. The van der Waals surface area contributed by atoms with E-state index in [0.717, 1.165) is 44.2 Å². The molecule has 0 unspecified atom stereocenters. The van der Waals surface area contributed by atoms with Gasteiger partial charge < -0.3 is 15.1 Å². The Morgan fingerprint density at radius 2 is 1.87 bits per heavy atom. The summed E-state index contributed by atoms with van der Waals surface area (Å²) < 4.78 is 0. The lowest BCUT2D eigenvalue weighted by molar-refractivity contribution is 0.0820. The number of aryl methyl sites for hydroxylation is 1. The van der Waals surface area contributed by atoms with Crippen LogP contribution < -0.4 is 10.2 Å². The van der Waals surface area contributed by atoms with Crippen molar-refractivity contribution in [3.8, 4) is 0 Å². The molecule has 2 aromatic rings. The molecule has 1 fully saturated rings. The normalized spacial score (nSPS) is 14.4. The second-order valence-corrected chi connectivity index (χ2v) is 8.38. The van der Waals surface area contributed by atoms with E-state index in [-0.39, 0.29) is 11.8 Å². The largest absolute Gasteiger partial charge is 0.369 e. The summed E-state index contributed by atoms with van der Waals surface area (Å²) in [5, 5.41) is 3.73. The van der Waals surface area contributed by atoms with Crippen molar-refractivity contribution in [3.63, 3.8) is 0 Å². The quantitative estimate of drug-likeness (QED) is 0.666. The van der Waals surface area contributed by atoms with Crippen LogP contribution in [-0.2, 0) is 0 Å². The first kappa shape index (κ1) is 23.0. The minimum Gasteiger partial charge on any atom is -0.369 e. The molecule has 31 heavy (non-hydrogen) atoms. The van der Waals surface area contributed by atoms with Crippen molar-refractivity contribution in [1.29, 1.82) is 0 Å². The molecule has 166 valence electrons. The van der Waals surface area contributed by atoms with Gasteiger partial charge in [-0.2, -0.15) is 0 Å². The molecule has 0 spiro atoms. The number of pyridine rings is 1. The zero-order valence-electron chi connectivity index (χ0n) is 18.4. The fraction of sp³-hybridized carbons (Fsp3) is 0.435. The Balaban J connectivity index is 1.40. The molecule has 1 aromatic heterocycles. The molecular weight excluding hydrogens is 414 g/mol. The van der Waals surface area contributed by atoms with Crippen molar-refractivity contribution in [2.75, 3.05) is 58.3 Å². The third-order valence-electron chi connectivity index (χ3n) is 5.44. The number of hydrogen-bond donors (Lipinski definition) is 1. The van der Waals surface area contributed by atoms with Gasteiger partial charge in [-0.1, -0.05) is 17.7 Å². The minimum absolute atomic E-state index is 0.153. The number of benzene rings is 1. The number of rotatable bonds is 7. The summed E-state index contributed by atoms with van der Waals surface area (Å²) in [6, 6.07) is 11.2. The maximum atomic E-state index is 12.5. The molecule has 1 aliphatic heterocycles. The van der Waals surface area contributed by atoms with Crippen molar-refractivity contribution in [3.05, 3.63) is 58.4 Å². The number of nitrogens with zero attached hydrogens (tertiary/aromatic N) is 4. The number of piperazine rings is 1. The maximum absolute atomic E-state index is 12.5. The molecule has 0 atom stereocenters. The second-order valence-electron chi connectivity index (χ2n) is 7.95. The van der Waals surface area contributed by atoms with E-state index in [2.05, 4.69) is 26.2 Å². The number of aromatic nitrogens is 1. The van der Waals surface area contributed by atoms with Crippen molar-refractivity contribution in [1.82, 2.24) is 20.1 Å². The minimum atomic E-state index is -0.175. The number of hydrogen-bond acceptors (Lipinski definition) is 5. The fourth-order valence-corrected chi connectivity index (χ4v) is 3.84. The van der Waals surface area contributed by atoms with Crippen LogP contribution in [0, 0.1) is 6.92 Å². The molecule has 7 nitrogen and oxygen atoms in total. The standard InChI is InChI=1S/C23H30ClN5O2/c1-17-20(8-9-21(26-17)23(31)27(2)3)22(30)25-10-5-11-28-12-14-29(15-13-28)19-7-4-6-18(24)16-19/h4,6-9,16H,5,10-15H2,1-3H3,(H,25,30). The van der Waals surface area contributed by atoms with Crippen LogP contribution in [0.25, 0.3) is 0 Å². The Kier molecular flexibility index (Phi) is 7.87. The van der Waals surface area contributed by atoms with E-state index in [1.165, 1.54) is 10.6 Å². The summed E-state index contributed by atoms with van der Waals surface area (Å²) in [5.41, 5.74) is 2.57. The van der Waals surface area contributed by atoms with Gasteiger partial charge in [0.1, 0.15) is 5.69 Å². The van der Waals surface area contributed by atoms with Crippen molar-refractivity contribution < 1.29 is 9.59 Å². The van der Waals surface area contributed by atoms with E-state index in [1.54, 1.807) is 33.2 Å². The molecule has 2 heterocycles. The highest BCUT2D eigenvalue weighted by molar-refractivity contribution is 6.30. The highest BCUT2D eigenvalue weighted by Crippen LogP contribution is 2.20. The topological polar surface area (TPSA) is 68.8 Å². The number of nitrogens with one attached hydrogen (secondary N) is 1. The van der Waals surface area contributed by atoms with Gasteiger partial charge in [-0.05, 0) is 50.2 Å². The van der Waals surface area contributed by atoms with E-state index in [0.29, 0.717) is 23.5 Å². The number of halogens is 1. The molecule has 1 aromatic carbocycles. The lowest BCUT2D eigenvalue weighted by Crippen LogP contribution is -2.47. The van der Waals surface area contributed by atoms with E-state index in [4.69, 9.17) is 11.6 Å². The van der Waals surface area contributed by atoms with Crippen LogP contribution in [0.2, 0.25) is 5.02 Å². The Morgan fingerprint density at radius 1 is 1.13 bits per heavy atom. The summed E-state index contributed by atoms with van der Waals surface area (Å²) >= 11 is 6.10. The van der Waals surface area contributed by atoms with Gasteiger partial charge in [-0.15, -0.1) is 0 Å². The lowest BCUT2D eigenvalue weighted by Gasteiger charge is -2.36. The monoisotopic (exact) mass is 443 g/mol. The SMILES string of the molecule is Cc1nc(C(=O)N(C)C)ccc1C(=O)NCCCN1CCN(c2cccc(Cl)c2)CC1. The van der Waals surface area contributed by atoms with Gasteiger partial charge in [0.15, 0.2) is 0 Å². The third-order valence-corrected chi connectivity index (χ3v) is 5.67. The van der Waals surface area contributed by atoms with E-state index in [1.807, 2.05) is 18.2 Å². The van der Waals surface area contributed by atoms with Gasteiger partial charge >= 0.3 is 0 Å². The van der Waals surface area contributed by atoms with Gasteiger partial charge in [0.25, 0.3) is 11.8 Å². The second kappa shape index (κ2) is 10.6. The molecule has 0 saturated carbocycles. The summed E-state index contributed by atoms with van der Waals surface area (Å²) in [7, 11) is 3.36. The molecule has 1 saturated heterocycles. The van der Waals surface area contributed by atoms with Crippen LogP contribution >= 0.6 is 11.6 Å².